The molecule has 2 atom stereocenters. The summed E-state index contributed by atoms with van der Waals surface area (Å²) in [4.78, 5) is 21.0. The second-order valence-corrected chi connectivity index (χ2v) is 7.79. The molecule has 1 amide bonds. The van der Waals surface area contributed by atoms with Crippen LogP contribution in [0.2, 0.25) is 0 Å². The highest BCUT2D eigenvalue weighted by molar-refractivity contribution is 5.94. The fraction of sp³-hybridized carbons (Fsp3) is 0.304. The Bertz CT molecular complexity index is 954. The predicted octanol–water partition coefficient (Wildman–Crippen LogP) is 2.54. The van der Waals surface area contributed by atoms with E-state index in [9.17, 15) is 9.90 Å². The van der Waals surface area contributed by atoms with Gasteiger partial charge in [0.05, 0.1) is 12.4 Å². The zero-order chi connectivity index (χ0) is 20.4. The predicted molar refractivity (Wildman–Crippen MR) is 112 cm³/mol. The van der Waals surface area contributed by atoms with E-state index < -0.39 is 5.60 Å². The van der Waals surface area contributed by atoms with Crippen molar-refractivity contribution in [3.05, 3.63) is 84.4 Å². The number of likely N-dealkylation sites (tertiary alicyclic amines) is 1. The first-order chi connectivity index (χ1) is 14.0. The van der Waals surface area contributed by atoms with Crippen molar-refractivity contribution in [2.45, 2.75) is 18.1 Å². The normalized spacial score (nSPS) is 22.1. The highest BCUT2D eigenvalue weighted by Gasteiger charge is 2.45. The molecule has 0 aliphatic carbocycles. The van der Waals surface area contributed by atoms with E-state index in [0.717, 1.165) is 11.3 Å². The molecule has 1 aromatic heterocycles. The number of hydrogen-bond donors (Lipinski definition) is 1. The molecule has 2 aromatic carbocycles. The molecule has 1 N–H and O–H groups in total. The molecule has 1 saturated heterocycles. The number of nitrogens with zero attached hydrogens (tertiary/aromatic N) is 4. The maximum atomic E-state index is 13.1. The van der Waals surface area contributed by atoms with Crippen molar-refractivity contribution in [1.82, 2.24) is 19.4 Å². The van der Waals surface area contributed by atoms with Crippen LogP contribution in [0.4, 0.5) is 0 Å². The fourth-order valence-corrected chi connectivity index (χ4v) is 4.13. The Hall–Kier alpha value is -2.96. The minimum atomic E-state index is -0.979. The van der Waals surface area contributed by atoms with Crippen LogP contribution in [0.25, 0.3) is 5.69 Å². The summed E-state index contributed by atoms with van der Waals surface area (Å²) < 4.78 is 1.90. The van der Waals surface area contributed by atoms with E-state index >= 15 is 0 Å². The maximum absolute atomic E-state index is 13.1. The lowest BCUT2D eigenvalue weighted by molar-refractivity contribution is -0.0810. The Kier molecular flexibility index (Phi) is 5.22. The number of carbonyl (C=O) groups is 1. The van der Waals surface area contributed by atoms with E-state index in [1.807, 2.05) is 89.3 Å². The molecule has 6 nitrogen and oxygen atoms in total. The standard InChI is InChI=1S/C23H26N4O2/c1-25(2)21-16-26(14-12-23(21,29)19-6-4-3-5-7-19)22(28)18-8-10-20(11-9-18)27-15-13-24-17-27/h3-11,13,15,17,21,29H,12,14,16H2,1-2H3/t21-,23+/m1/s1. The Balaban J connectivity index is 1.54. The number of aliphatic hydroxyl groups is 1. The van der Waals surface area contributed by atoms with Crippen LogP contribution in [0.5, 0.6) is 0 Å². The Labute approximate surface area is 171 Å². The molecule has 4 rings (SSSR count). The second-order valence-electron chi connectivity index (χ2n) is 7.79. The molecule has 6 heteroatoms. The number of hydrogen-bond acceptors (Lipinski definition) is 4. The number of likely N-dealkylation sites (N-methyl/N-ethyl adjacent to an activating group) is 1. The van der Waals surface area contributed by atoms with Gasteiger partial charge in [0.15, 0.2) is 0 Å². The summed E-state index contributed by atoms with van der Waals surface area (Å²) in [6.45, 7) is 0.984. The van der Waals surface area contributed by atoms with Crippen LogP contribution < -0.4 is 0 Å². The number of amides is 1. The van der Waals surface area contributed by atoms with Crippen molar-refractivity contribution in [3.63, 3.8) is 0 Å². The van der Waals surface area contributed by atoms with E-state index in [2.05, 4.69) is 4.98 Å². The summed E-state index contributed by atoms with van der Waals surface area (Å²) in [6.07, 6.45) is 5.82. The molecule has 2 heterocycles. The molecule has 0 saturated carbocycles. The van der Waals surface area contributed by atoms with E-state index in [1.54, 1.807) is 12.5 Å². The highest BCUT2D eigenvalue weighted by Crippen LogP contribution is 2.35. The first kappa shape index (κ1) is 19.4. The molecule has 1 aliphatic heterocycles. The average molecular weight is 390 g/mol. The SMILES string of the molecule is CN(C)[C@@H]1CN(C(=O)c2ccc(-n3ccnc3)cc2)CC[C@]1(O)c1ccccc1. The van der Waals surface area contributed by atoms with Crippen LogP contribution >= 0.6 is 0 Å². The Morgan fingerprint density at radius 2 is 1.86 bits per heavy atom. The lowest BCUT2D eigenvalue weighted by Crippen LogP contribution is -2.60. The molecule has 0 unspecified atom stereocenters. The quantitative estimate of drug-likeness (QED) is 0.744. The number of benzene rings is 2. The molecule has 150 valence electrons. The molecule has 0 bridgehead atoms. The first-order valence-corrected chi connectivity index (χ1v) is 9.81. The topological polar surface area (TPSA) is 61.6 Å². The number of aromatic nitrogens is 2. The molecule has 0 spiro atoms. The lowest BCUT2D eigenvalue weighted by atomic mass is 9.79. The van der Waals surface area contributed by atoms with Crippen LogP contribution in [0.1, 0.15) is 22.3 Å². The summed E-state index contributed by atoms with van der Waals surface area (Å²) in [5, 5.41) is 11.5. The summed E-state index contributed by atoms with van der Waals surface area (Å²) in [5.41, 5.74) is 1.53. The van der Waals surface area contributed by atoms with Crippen molar-refractivity contribution in [2.75, 3.05) is 27.2 Å². The van der Waals surface area contributed by atoms with Crippen molar-refractivity contribution in [3.8, 4) is 5.69 Å². The molecular formula is C23H26N4O2. The highest BCUT2D eigenvalue weighted by atomic mass is 16.3. The Morgan fingerprint density at radius 1 is 1.14 bits per heavy atom. The molecule has 1 aliphatic rings. The smallest absolute Gasteiger partial charge is 0.253 e. The van der Waals surface area contributed by atoms with E-state index in [1.165, 1.54) is 0 Å². The minimum absolute atomic E-state index is 0.0101. The number of rotatable bonds is 4. The number of carbonyl (C=O) groups excluding carboxylic acids is 1. The third-order valence-electron chi connectivity index (χ3n) is 5.81. The lowest BCUT2D eigenvalue weighted by Gasteiger charge is -2.47. The second kappa shape index (κ2) is 7.81. The fourth-order valence-electron chi connectivity index (χ4n) is 4.13. The van der Waals surface area contributed by atoms with Gasteiger partial charge >= 0.3 is 0 Å². The van der Waals surface area contributed by atoms with Crippen molar-refractivity contribution < 1.29 is 9.90 Å². The van der Waals surface area contributed by atoms with Crippen molar-refractivity contribution >= 4 is 5.91 Å². The van der Waals surface area contributed by atoms with Gasteiger partial charge in [-0.25, -0.2) is 4.98 Å². The van der Waals surface area contributed by atoms with Gasteiger partial charge in [0, 0.05) is 36.7 Å². The van der Waals surface area contributed by atoms with Gasteiger partial charge in [-0.15, -0.1) is 0 Å². The Morgan fingerprint density at radius 3 is 2.48 bits per heavy atom. The zero-order valence-electron chi connectivity index (χ0n) is 16.8. The van der Waals surface area contributed by atoms with Crippen LogP contribution in [0.3, 0.4) is 0 Å². The van der Waals surface area contributed by atoms with Crippen LogP contribution in [-0.4, -0.2) is 63.6 Å². The molecule has 29 heavy (non-hydrogen) atoms. The van der Waals surface area contributed by atoms with E-state index in [4.69, 9.17) is 0 Å². The van der Waals surface area contributed by atoms with Gasteiger partial charge in [-0.3, -0.25) is 4.79 Å². The first-order valence-electron chi connectivity index (χ1n) is 9.81. The van der Waals surface area contributed by atoms with Crippen LogP contribution in [0.15, 0.2) is 73.3 Å². The van der Waals surface area contributed by atoms with Gasteiger partial charge in [-0.1, -0.05) is 30.3 Å². The molecule has 1 fully saturated rings. The average Bonchev–Trinajstić information content (AvgIpc) is 3.29. The van der Waals surface area contributed by atoms with Gasteiger partial charge in [-0.2, -0.15) is 0 Å². The van der Waals surface area contributed by atoms with Crippen molar-refractivity contribution in [2.24, 2.45) is 0 Å². The van der Waals surface area contributed by atoms with Crippen LogP contribution in [-0.2, 0) is 5.60 Å². The van der Waals surface area contributed by atoms with Gasteiger partial charge in [0.2, 0.25) is 0 Å². The largest absolute Gasteiger partial charge is 0.383 e. The van der Waals surface area contributed by atoms with Gasteiger partial charge < -0.3 is 19.5 Å². The molecule has 3 aromatic rings. The molecular weight excluding hydrogens is 364 g/mol. The third-order valence-corrected chi connectivity index (χ3v) is 5.81. The number of imidazole rings is 1. The minimum Gasteiger partial charge on any atom is -0.383 e. The van der Waals surface area contributed by atoms with Gasteiger partial charge in [0.25, 0.3) is 5.91 Å². The van der Waals surface area contributed by atoms with E-state index in [-0.39, 0.29) is 11.9 Å². The van der Waals surface area contributed by atoms with Crippen LogP contribution in [0, 0.1) is 0 Å². The van der Waals surface area contributed by atoms with Gasteiger partial charge in [0.1, 0.15) is 5.60 Å². The molecule has 0 radical (unpaired) electrons. The zero-order valence-corrected chi connectivity index (χ0v) is 16.8. The number of piperidine rings is 1. The van der Waals surface area contributed by atoms with Gasteiger partial charge in [-0.05, 0) is 50.3 Å². The summed E-state index contributed by atoms with van der Waals surface area (Å²) >= 11 is 0. The summed E-state index contributed by atoms with van der Waals surface area (Å²) in [5.74, 6) is -0.0101. The maximum Gasteiger partial charge on any atom is 0.253 e. The third kappa shape index (κ3) is 3.69. The summed E-state index contributed by atoms with van der Waals surface area (Å²) in [7, 11) is 3.90. The van der Waals surface area contributed by atoms with E-state index in [0.29, 0.717) is 25.1 Å². The van der Waals surface area contributed by atoms with Crippen molar-refractivity contribution in [1.29, 1.82) is 0 Å². The summed E-state index contributed by atoms with van der Waals surface area (Å²) in [6, 6.07) is 17.1. The monoisotopic (exact) mass is 390 g/mol.